The van der Waals surface area contributed by atoms with E-state index in [0.717, 1.165) is 30.7 Å². The van der Waals surface area contributed by atoms with Crippen molar-refractivity contribution in [3.63, 3.8) is 0 Å². The van der Waals surface area contributed by atoms with Crippen LogP contribution in [0.5, 0.6) is 0 Å². The highest BCUT2D eigenvalue weighted by molar-refractivity contribution is 5.98. The first-order chi connectivity index (χ1) is 14.5. The summed E-state index contributed by atoms with van der Waals surface area (Å²) in [6.45, 7) is 5.92. The van der Waals surface area contributed by atoms with E-state index in [0.29, 0.717) is 22.8 Å². The second-order valence-corrected chi connectivity index (χ2v) is 8.54. The molecule has 1 aliphatic rings. The summed E-state index contributed by atoms with van der Waals surface area (Å²) in [6, 6.07) is 3.62. The van der Waals surface area contributed by atoms with E-state index in [1.807, 2.05) is 6.20 Å². The highest BCUT2D eigenvalue weighted by Gasteiger charge is 2.42. The zero-order valence-electron chi connectivity index (χ0n) is 18.2. The number of carbonyl (C=O) groups is 1. The molecule has 0 aliphatic heterocycles. The van der Waals surface area contributed by atoms with Crippen LogP contribution >= 0.6 is 0 Å². The van der Waals surface area contributed by atoms with Crippen LogP contribution in [0.25, 0.3) is 22.2 Å². The number of fused-ring (bicyclic) bond motifs is 1. The molecule has 0 unspecified atom stereocenters. The number of nitrogens with zero attached hydrogens (tertiary/aromatic N) is 4. The molecular formula is C22H25F2N5O2. The number of rotatable bonds is 5. The molecule has 9 heteroatoms. The number of amides is 1. The molecule has 4 rings (SSSR count). The van der Waals surface area contributed by atoms with E-state index >= 15 is 0 Å². The smallest absolute Gasteiger partial charge is 0.303 e. The van der Waals surface area contributed by atoms with Gasteiger partial charge in [-0.2, -0.15) is 8.78 Å². The number of aromatic nitrogens is 4. The SMILES string of the molecule is COC1(C)CC(n2cc(-c3cc(C)nc(C(C)(F)F)n3)c3cc(NC(C)=O)ncc32)C1. The van der Waals surface area contributed by atoms with Gasteiger partial charge >= 0.3 is 5.92 Å². The van der Waals surface area contributed by atoms with E-state index in [1.54, 1.807) is 32.4 Å². The summed E-state index contributed by atoms with van der Waals surface area (Å²) in [6.07, 6.45) is 5.25. The monoisotopic (exact) mass is 429 g/mol. The summed E-state index contributed by atoms with van der Waals surface area (Å²) < 4.78 is 35.6. The molecule has 3 aromatic heterocycles. The number of methoxy groups -OCH3 is 1. The standard InChI is InChI=1S/C22H25F2N5O2/c1-12-6-17(28-20(26-12)22(4,23)24)16-11-29(14-8-21(3,9-14)31-5)18-10-25-19(7-15(16)18)27-13(2)30/h6-7,10-11,14H,8-9H2,1-5H3,(H,25,27,30). The van der Waals surface area contributed by atoms with Crippen LogP contribution in [-0.4, -0.2) is 38.1 Å². The van der Waals surface area contributed by atoms with Gasteiger partial charge in [0.25, 0.3) is 0 Å². The minimum atomic E-state index is -3.16. The first kappa shape index (κ1) is 21.3. The molecule has 0 aromatic carbocycles. The zero-order valence-corrected chi connectivity index (χ0v) is 18.2. The Balaban J connectivity index is 1.88. The maximum absolute atomic E-state index is 14.0. The summed E-state index contributed by atoms with van der Waals surface area (Å²) in [5, 5.41) is 3.45. The third-order valence-corrected chi connectivity index (χ3v) is 5.77. The number of hydrogen-bond donors (Lipinski definition) is 1. The first-order valence-corrected chi connectivity index (χ1v) is 10.1. The van der Waals surface area contributed by atoms with Crippen molar-refractivity contribution in [3.8, 4) is 11.3 Å². The second kappa shape index (κ2) is 7.33. The molecule has 1 saturated carbocycles. The molecule has 3 aromatic rings. The van der Waals surface area contributed by atoms with Gasteiger partial charge in [0, 0.05) is 49.8 Å². The van der Waals surface area contributed by atoms with E-state index in [9.17, 15) is 13.6 Å². The van der Waals surface area contributed by atoms with Gasteiger partial charge in [0.15, 0.2) is 5.82 Å². The van der Waals surface area contributed by atoms with Crippen molar-refractivity contribution in [2.75, 3.05) is 12.4 Å². The van der Waals surface area contributed by atoms with Crippen molar-refractivity contribution in [2.45, 2.75) is 58.1 Å². The maximum Gasteiger partial charge on any atom is 0.303 e. The Kier molecular flexibility index (Phi) is 5.04. The molecule has 0 atom stereocenters. The molecule has 1 N–H and O–H groups in total. The largest absolute Gasteiger partial charge is 0.378 e. The lowest BCUT2D eigenvalue weighted by molar-refractivity contribution is -0.114. The first-order valence-electron chi connectivity index (χ1n) is 10.1. The predicted molar refractivity (Wildman–Crippen MR) is 113 cm³/mol. The topological polar surface area (TPSA) is 81.9 Å². The molecule has 0 bridgehead atoms. The number of aryl methyl sites for hydroxylation is 1. The van der Waals surface area contributed by atoms with Gasteiger partial charge < -0.3 is 14.6 Å². The fraction of sp³-hybridized carbons (Fsp3) is 0.455. The van der Waals surface area contributed by atoms with Crippen molar-refractivity contribution in [1.82, 2.24) is 19.5 Å². The van der Waals surface area contributed by atoms with Crippen LogP contribution in [0.4, 0.5) is 14.6 Å². The van der Waals surface area contributed by atoms with Crippen molar-refractivity contribution >= 4 is 22.6 Å². The van der Waals surface area contributed by atoms with Gasteiger partial charge in [-0.25, -0.2) is 15.0 Å². The number of nitrogens with one attached hydrogen (secondary N) is 1. The van der Waals surface area contributed by atoms with Crippen LogP contribution in [0.1, 0.15) is 51.2 Å². The third-order valence-electron chi connectivity index (χ3n) is 5.77. The van der Waals surface area contributed by atoms with Crippen LogP contribution in [0.2, 0.25) is 0 Å². The van der Waals surface area contributed by atoms with E-state index in [-0.39, 0.29) is 17.6 Å². The number of carbonyl (C=O) groups excluding carboxylic acids is 1. The molecule has 164 valence electrons. The summed E-state index contributed by atoms with van der Waals surface area (Å²) in [5.41, 5.74) is 2.20. The quantitative estimate of drug-likeness (QED) is 0.640. The van der Waals surface area contributed by atoms with Gasteiger partial charge in [0.1, 0.15) is 5.82 Å². The number of hydrogen-bond acceptors (Lipinski definition) is 5. The molecule has 1 aliphatic carbocycles. The minimum absolute atomic E-state index is 0.185. The Hall–Kier alpha value is -2.94. The highest BCUT2D eigenvalue weighted by atomic mass is 19.3. The van der Waals surface area contributed by atoms with Crippen LogP contribution in [0.15, 0.2) is 24.5 Å². The highest BCUT2D eigenvalue weighted by Crippen LogP contribution is 2.46. The van der Waals surface area contributed by atoms with Gasteiger partial charge in [-0.15, -0.1) is 0 Å². The van der Waals surface area contributed by atoms with Gasteiger partial charge in [0.05, 0.1) is 23.0 Å². The van der Waals surface area contributed by atoms with Gasteiger partial charge in [-0.3, -0.25) is 4.79 Å². The van der Waals surface area contributed by atoms with E-state index in [2.05, 4.69) is 31.8 Å². The van der Waals surface area contributed by atoms with E-state index in [4.69, 9.17) is 4.74 Å². The van der Waals surface area contributed by atoms with Crippen molar-refractivity contribution in [2.24, 2.45) is 0 Å². The minimum Gasteiger partial charge on any atom is -0.378 e. The van der Waals surface area contributed by atoms with Crippen LogP contribution in [0.3, 0.4) is 0 Å². The fourth-order valence-corrected chi connectivity index (χ4v) is 4.11. The van der Waals surface area contributed by atoms with E-state index in [1.165, 1.54) is 6.92 Å². The molecule has 0 radical (unpaired) electrons. The summed E-state index contributed by atoms with van der Waals surface area (Å²) in [5.74, 6) is -3.53. The number of alkyl halides is 2. The third kappa shape index (κ3) is 4.01. The lowest BCUT2D eigenvalue weighted by Gasteiger charge is -2.44. The van der Waals surface area contributed by atoms with Gasteiger partial charge in [-0.1, -0.05) is 0 Å². The van der Waals surface area contributed by atoms with E-state index < -0.39 is 11.7 Å². The molecule has 1 amide bonds. The average molecular weight is 429 g/mol. The maximum atomic E-state index is 14.0. The number of halogens is 2. The normalized spacial score (nSPS) is 21.2. The van der Waals surface area contributed by atoms with Crippen LogP contribution in [-0.2, 0) is 15.5 Å². The molecule has 3 heterocycles. The number of pyridine rings is 1. The second-order valence-electron chi connectivity index (χ2n) is 8.54. The average Bonchev–Trinajstić information content (AvgIpc) is 3.02. The van der Waals surface area contributed by atoms with Crippen molar-refractivity contribution in [3.05, 3.63) is 36.0 Å². The van der Waals surface area contributed by atoms with Crippen LogP contribution < -0.4 is 5.32 Å². The number of anilines is 1. The molecule has 0 saturated heterocycles. The van der Waals surface area contributed by atoms with Crippen LogP contribution in [0, 0.1) is 6.92 Å². The summed E-state index contributed by atoms with van der Waals surface area (Å²) in [7, 11) is 1.70. The lowest BCUT2D eigenvalue weighted by atomic mass is 9.77. The summed E-state index contributed by atoms with van der Waals surface area (Å²) >= 11 is 0. The number of ether oxygens (including phenoxy) is 1. The Morgan fingerprint density at radius 2 is 2.03 bits per heavy atom. The Labute approximate surface area is 178 Å². The predicted octanol–water partition coefficient (Wildman–Crippen LogP) is 4.61. The Morgan fingerprint density at radius 1 is 1.32 bits per heavy atom. The lowest BCUT2D eigenvalue weighted by Crippen LogP contribution is -2.43. The Morgan fingerprint density at radius 3 is 2.65 bits per heavy atom. The molecule has 31 heavy (non-hydrogen) atoms. The van der Waals surface area contributed by atoms with Gasteiger partial charge in [0.2, 0.25) is 5.91 Å². The molecule has 0 spiro atoms. The van der Waals surface area contributed by atoms with Crippen molar-refractivity contribution < 1.29 is 18.3 Å². The molecule has 7 nitrogen and oxygen atoms in total. The zero-order chi connectivity index (χ0) is 22.6. The molecular weight excluding hydrogens is 404 g/mol. The fourth-order valence-electron chi connectivity index (χ4n) is 4.11. The van der Waals surface area contributed by atoms with Gasteiger partial charge in [-0.05, 0) is 38.8 Å². The van der Waals surface area contributed by atoms with Crippen molar-refractivity contribution in [1.29, 1.82) is 0 Å². The summed E-state index contributed by atoms with van der Waals surface area (Å²) in [4.78, 5) is 23.9. The molecule has 1 fully saturated rings. The Bertz CT molecular complexity index is 1160.